The van der Waals surface area contributed by atoms with E-state index in [1.165, 1.54) is 11.1 Å². The van der Waals surface area contributed by atoms with Gasteiger partial charge in [-0.05, 0) is 42.7 Å². The van der Waals surface area contributed by atoms with Crippen LogP contribution in [0, 0.1) is 24.7 Å². The highest BCUT2D eigenvalue weighted by Crippen LogP contribution is 2.46. The number of hydrogen-bond acceptors (Lipinski definition) is 5. The number of carbonyl (C=O) groups is 2. The van der Waals surface area contributed by atoms with Crippen molar-refractivity contribution in [1.29, 1.82) is 0 Å². The largest absolute Gasteiger partial charge is 0.483 e. The molecule has 172 valence electrons. The molecule has 1 N–H and O–H groups in total. The minimum Gasteiger partial charge on any atom is -0.483 e. The Morgan fingerprint density at radius 1 is 1.23 bits per heavy atom. The number of nitrogens with zero attached hydrogens (tertiary/aromatic N) is 2. The van der Waals surface area contributed by atoms with Gasteiger partial charge in [-0.15, -0.1) is 0 Å². The lowest BCUT2D eigenvalue weighted by Gasteiger charge is -2.32. The summed E-state index contributed by atoms with van der Waals surface area (Å²) in [5, 5.41) is 6.89. The Balaban J connectivity index is 0.000000858. The van der Waals surface area contributed by atoms with Crippen LogP contribution >= 0.6 is 0 Å². The number of carbonyl (C=O) groups excluding carboxylic acids is 1. The lowest BCUT2D eigenvalue weighted by molar-refractivity contribution is -0.134. The molecule has 3 atom stereocenters. The second kappa shape index (κ2) is 11.6. The second-order valence-corrected chi connectivity index (χ2v) is 8.89. The number of aryl methyl sites for hydroxylation is 1. The number of hydrogen-bond donors (Lipinski definition) is 1. The van der Waals surface area contributed by atoms with Gasteiger partial charge in [-0.25, -0.2) is 0 Å². The second-order valence-electron chi connectivity index (χ2n) is 8.89. The molecule has 0 radical (unpaired) electrons. The van der Waals surface area contributed by atoms with Crippen molar-refractivity contribution in [2.45, 2.75) is 32.2 Å². The number of rotatable bonds is 6. The highest BCUT2D eigenvalue weighted by molar-refractivity contribution is 5.77. The average molecular weight is 433 g/mol. The molecule has 3 aliphatic rings. The van der Waals surface area contributed by atoms with Crippen molar-refractivity contribution < 1.29 is 24.2 Å². The van der Waals surface area contributed by atoms with E-state index in [0.717, 1.165) is 58.8 Å². The monoisotopic (exact) mass is 432 g/mol. The van der Waals surface area contributed by atoms with Gasteiger partial charge < -0.3 is 24.4 Å². The van der Waals surface area contributed by atoms with Crippen LogP contribution in [-0.2, 0) is 19.1 Å². The van der Waals surface area contributed by atoms with Gasteiger partial charge >= 0.3 is 0 Å². The standard InChI is InChI=1S/C23H34N2O3.CH2O2/c1-17-5-3-4-6-20(17)23-21-16-24(9-12-27-2)14-19(21)15-25(23)22(26)13-18-7-10-28-11-8-18;2-1-3/h3-6,18-19,21,23H,7-16H2,1-2H3;1H,(H,2,3)/t19-,21-,23+;/m0./s1. The van der Waals surface area contributed by atoms with Crippen LogP contribution in [0.4, 0.5) is 0 Å². The summed E-state index contributed by atoms with van der Waals surface area (Å²) in [7, 11) is 1.77. The van der Waals surface area contributed by atoms with Gasteiger partial charge in [0.15, 0.2) is 0 Å². The van der Waals surface area contributed by atoms with E-state index in [9.17, 15) is 4.79 Å². The molecule has 7 heteroatoms. The zero-order chi connectivity index (χ0) is 22.2. The summed E-state index contributed by atoms with van der Waals surface area (Å²) in [5.41, 5.74) is 2.64. The van der Waals surface area contributed by atoms with E-state index in [1.54, 1.807) is 7.11 Å². The van der Waals surface area contributed by atoms with Gasteiger partial charge in [-0.3, -0.25) is 9.59 Å². The van der Waals surface area contributed by atoms with Gasteiger partial charge in [0.1, 0.15) is 0 Å². The lowest BCUT2D eigenvalue weighted by Crippen LogP contribution is -2.37. The quantitative estimate of drug-likeness (QED) is 0.696. The molecule has 3 fully saturated rings. The summed E-state index contributed by atoms with van der Waals surface area (Å²) >= 11 is 0. The van der Waals surface area contributed by atoms with Gasteiger partial charge in [0, 0.05) is 58.8 Å². The first kappa shape index (κ1) is 23.7. The minimum atomic E-state index is -0.250. The van der Waals surface area contributed by atoms with E-state index >= 15 is 0 Å². The van der Waals surface area contributed by atoms with Crippen molar-refractivity contribution in [2.24, 2.45) is 17.8 Å². The van der Waals surface area contributed by atoms with Crippen LogP contribution in [0.3, 0.4) is 0 Å². The third kappa shape index (κ3) is 5.84. The van der Waals surface area contributed by atoms with E-state index in [0.29, 0.717) is 30.1 Å². The lowest BCUT2D eigenvalue weighted by atomic mass is 9.87. The summed E-state index contributed by atoms with van der Waals surface area (Å²) in [5.74, 6) is 1.92. The molecule has 0 unspecified atom stereocenters. The summed E-state index contributed by atoms with van der Waals surface area (Å²) in [6, 6.07) is 8.84. The van der Waals surface area contributed by atoms with Crippen LogP contribution in [-0.4, -0.2) is 80.4 Å². The Kier molecular flexibility index (Phi) is 8.87. The predicted molar refractivity (Wildman–Crippen MR) is 118 cm³/mol. The van der Waals surface area contributed by atoms with Crippen LogP contribution in [0.25, 0.3) is 0 Å². The average Bonchev–Trinajstić information content (AvgIpc) is 3.32. The van der Waals surface area contributed by atoms with Crippen LogP contribution in [0.1, 0.15) is 36.4 Å². The summed E-state index contributed by atoms with van der Waals surface area (Å²) in [4.78, 5) is 26.4. The fraction of sp³-hybridized carbons (Fsp3) is 0.667. The van der Waals surface area contributed by atoms with Gasteiger partial charge in [0.2, 0.25) is 5.91 Å². The molecule has 3 saturated heterocycles. The maximum atomic E-state index is 13.3. The molecule has 31 heavy (non-hydrogen) atoms. The first-order valence-electron chi connectivity index (χ1n) is 11.3. The fourth-order valence-electron chi connectivity index (χ4n) is 5.43. The number of fused-ring (bicyclic) bond motifs is 1. The maximum Gasteiger partial charge on any atom is 0.290 e. The van der Waals surface area contributed by atoms with Gasteiger partial charge in [-0.2, -0.15) is 0 Å². The molecule has 3 heterocycles. The molecule has 0 aromatic heterocycles. The van der Waals surface area contributed by atoms with Crippen molar-refractivity contribution in [3.05, 3.63) is 35.4 Å². The smallest absolute Gasteiger partial charge is 0.290 e. The molecule has 3 aliphatic heterocycles. The fourth-order valence-corrected chi connectivity index (χ4v) is 5.43. The molecular weight excluding hydrogens is 396 g/mol. The van der Waals surface area contributed by atoms with Crippen molar-refractivity contribution in [2.75, 3.05) is 53.1 Å². The molecule has 7 nitrogen and oxygen atoms in total. The normalized spacial score (nSPS) is 26.3. The van der Waals surface area contributed by atoms with Gasteiger partial charge in [0.25, 0.3) is 6.47 Å². The molecular formula is C24H36N2O5. The van der Waals surface area contributed by atoms with Crippen LogP contribution in [0.5, 0.6) is 0 Å². The van der Waals surface area contributed by atoms with E-state index in [4.69, 9.17) is 19.4 Å². The molecule has 1 amide bonds. The predicted octanol–water partition coefficient (Wildman–Crippen LogP) is 2.59. The number of benzene rings is 1. The van der Waals surface area contributed by atoms with E-state index in [1.807, 2.05) is 0 Å². The number of ether oxygens (including phenoxy) is 2. The van der Waals surface area contributed by atoms with Crippen LogP contribution < -0.4 is 0 Å². The molecule has 0 bridgehead atoms. The summed E-state index contributed by atoms with van der Waals surface area (Å²) < 4.78 is 10.8. The molecule has 1 aromatic carbocycles. The molecule has 0 saturated carbocycles. The first-order chi connectivity index (χ1) is 15.1. The molecule has 1 aromatic rings. The van der Waals surface area contributed by atoms with E-state index < -0.39 is 0 Å². The number of carboxylic acid groups (broad SMARTS) is 1. The third-order valence-corrected chi connectivity index (χ3v) is 6.98. The Labute approximate surface area is 185 Å². The molecule has 0 spiro atoms. The van der Waals surface area contributed by atoms with Crippen molar-refractivity contribution >= 4 is 12.4 Å². The van der Waals surface area contributed by atoms with E-state index in [-0.39, 0.29) is 12.5 Å². The number of methoxy groups -OCH3 is 1. The Morgan fingerprint density at radius 3 is 2.61 bits per heavy atom. The zero-order valence-electron chi connectivity index (χ0n) is 18.7. The highest BCUT2D eigenvalue weighted by Gasteiger charge is 2.49. The Bertz CT molecular complexity index is 722. The molecule has 0 aliphatic carbocycles. The maximum absolute atomic E-state index is 13.3. The topological polar surface area (TPSA) is 79.3 Å². The summed E-state index contributed by atoms with van der Waals surface area (Å²) in [6.07, 6.45) is 2.72. The van der Waals surface area contributed by atoms with Gasteiger partial charge in [0.05, 0.1) is 12.6 Å². The molecule has 4 rings (SSSR count). The highest BCUT2D eigenvalue weighted by atomic mass is 16.5. The first-order valence-corrected chi connectivity index (χ1v) is 11.3. The van der Waals surface area contributed by atoms with Crippen molar-refractivity contribution in [3.63, 3.8) is 0 Å². The number of likely N-dealkylation sites (tertiary alicyclic amines) is 2. The zero-order valence-corrected chi connectivity index (χ0v) is 18.7. The van der Waals surface area contributed by atoms with Crippen molar-refractivity contribution in [3.8, 4) is 0 Å². The third-order valence-electron chi connectivity index (χ3n) is 6.98. The Hall–Kier alpha value is -1.96. The minimum absolute atomic E-state index is 0.214. The summed E-state index contributed by atoms with van der Waals surface area (Å²) in [6.45, 7) is 8.35. The Morgan fingerprint density at radius 2 is 1.94 bits per heavy atom. The van der Waals surface area contributed by atoms with Crippen molar-refractivity contribution in [1.82, 2.24) is 9.80 Å². The van der Waals surface area contributed by atoms with E-state index in [2.05, 4.69) is 41.0 Å². The van der Waals surface area contributed by atoms with Crippen LogP contribution in [0.15, 0.2) is 24.3 Å². The SMILES string of the molecule is COCCN1C[C@H]2CN(C(=O)CC3CCOCC3)[C@H](c3ccccc3C)[C@H]2C1.O=CO. The number of amides is 1. The van der Waals surface area contributed by atoms with Crippen LogP contribution in [0.2, 0.25) is 0 Å². The van der Waals surface area contributed by atoms with Gasteiger partial charge in [-0.1, -0.05) is 24.3 Å².